The lowest BCUT2D eigenvalue weighted by Crippen LogP contribution is -2.36. The summed E-state index contributed by atoms with van der Waals surface area (Å²) in [5, 5.41) is 11.5. The van der Waals surface area contributed by atoms with Crippen LogP contribution in [0.2, 0.25) is 0 Å². The van der Waals surface area contributed by atoms with Crippen LogP contribution in [0.15, 0.2) is 33.4 Å². The zero-order chi connectivity index (χ0) is 22.4. The highest BCUT2D eigenvalue weighted by Gasteiger charge is 2.35. The van der Waals surface area contributed by atoms with E-state index in [1.54, 1.807) is 0 Å². The van der Waals surface area contributed by atoms with E-state index in [2.05, 4.69) is 5.32 Å². The summed E-state index contributed by atoms with van der Waals surface area (Å²) in [6, 6.07) is 1.86. The third-order valence-electron chi connectivity index (χ3n) is 3.58. The molecule has 2 rings (SSSR count). The molecule has 13 heteroatoms. The normalized spacial score (nSPS) is 12.7. The number of primary amides is 1. The molecule has 4 N–H and O–H groups in total. The third-order valence-corrected chi connectivity index (χ3v) is 6.85. The number of carbonyl (C=O) groups excluding carboxylic acids is 2. The van der Waals surface area contributed by atoms with Gasteiger partial charge in [-0.3, -0.25) is 9.59 Å². The van der Waals surface area contributed by atoms with Crippen LogP contribution in [-0.4, -0.2) is 30.9 Å². The summed E-state index contributed by atoms with van der Waals surface area (Å²) in [6.07, 6.45) is -5.01. The van der Waals surface area contributed by atoms with Crippen LogP contribution in [0.1, 0.15) is 29.8 Å². The van der Waals surface area contributed by atoms with Gasteiger partial charge in [0.1, 0.15) is 20.6 Å². The second-order valence-electron chi connectivity index (χ2n) is 6.33. The van der Waals surface area contributed by atoms with Gasteiger partial charge in [-0.15, -0.1) is 11.3 Å². The molecule has 0 aliphatic carbocycles. The molecular formula is C16H14F4N2O5S2. The Morgan fingerprint density at radius 1 is 1.17 bits per heavy atom. The lowest BCUT2D eigenvalue weighted by molar-refractivity contribution is -0.140. The number of thiophene rings is 1. The first kappa shape index (κ1) is 22.8. The van der Waals surface area contributed by atoms with Crippen LogP contribution in [0.4, 0.5) is 22.6 Å². The van der Waals surface area contributed by atoms with Gasteiger partial charge in [0, 0.05) is 0 Å². The van der Waals surface area contributed by atoms with Crippen molar-refractivity contribution in [1.29, 1.82) is 0 Å². The zero-order valence-corrected chi connectivity index (χ0v) is 16.4. The average Bonchev–Trinajstić information content (AvgIpc) is 2.97. The van der Waals surface area contributed by atoms with E-state index in [0.29, 0.717) is 17.4 Å². The van der Waals surface area contributed by atoms with Gasteiger partial charge in [-0.1, -0.05) is 0 Å². The Balaban J connectivity index is 2.53. The maximum Gasteiger partial charge on any atom is 0.419 e. The molecule has 0 saturated heterocycles. The fourth-order valence-corrected chi connectivity index (χ4v) is 4.82. The Morgan fingerprint density at radius 3 is 2.21 bits per heavy atom. The van der Waals surface area contributed by atoms with E-state index in [-0.39, 0.29) is 17.1 Å². The van der Waals surface area contributed by atoms with E-state index in [1.807, 2.05) is 0 Å². The molecular weight excluding hydrogens is 440 g/mol. The molecule has 1 aromatic heterocycles. The molecule has 2 amide bonds. The number of hydrogen-bond donors (Lipinski definition) is 3. The van der Waals surface area contributed by atoms with E-state index < -0.39 is 59.5 Å². The van der Waals surface area contributed by atoms with Crippen molar-refractivity contribution in [3.63, 3.8) is 0 Å². The van der Waals surface area contributed by atoms with Crippen LogP contribution >= 0.6 is 11.3 Å². The summed E-state index contributed by atoms with van der Waals surface area (Å²) in [7, 11) is -4.54. The minimum atomic E-state index is -5.01. The molecule has 0 aliphatic heterocycles. The molecule has 2 aromatic rings. The first-order valence-corrected chi connectivity index (χ1v) is 9.94. The van der Waals surface area contributed by atoms with Crippen molar-refractivity contribution in [3.8, 4) is 0 Å². The Hall–Kier alpha value is -2.51. The number of nitrogens with one attached hydrogen (secondary N) is 1. The van der Waals surface area contributed by atoms with E-state index >= 15 is 0 Å². The molecule has 158 valence electrons. The fraction of sp³-hybridized carbons (Fsp3) is 0.250. The summed E-state index contributed by atoms with van der Waals surface area (Å²) in [5.74, 6) is -3.86. The molecule has 0 unspecified atom stereocenters. The number of amides is 2. The van der Waals surface area contributed by atoms with Crippen molar-refractivity contribution in [2.45, 2.75) is 34.7 Å². The number of aliphatic hydroxyl groups is 1. The van der Waals surface area contributed by atoms with Crippen LogP contribution in [0.25, 0.3) is 0 Å². The molecule has 0 bridgehead atoms. The highest BCUT2D eigenvalue weighted by Crippen LogP contribution is 2.37. The van der Waals surface area contributed by atoms with Crippen LogP contribution in [0.3, 0.4) is 0 Å². The van der Waals surface area contributed by atoms with Crippen LogP contribution in [-0.2, 0) is 20.8 Å². The molecule has 7 nitrogen and oxygen atoms in total. The van der Waals surface area contributed by atoms with Crippen molar-refractivity contribution >= 4 is 38.0 Å². The first-order valence-electron chi connectivity index (χ1n) is 7.64. The molecule has 29 heavy (non-hydrogen) atoms. The van der Waals surface area contributed by atoms with Gasteiger partial charge in [-0.2, -0.15) is 13.2 Å². The molecule has 0 spiro atoms. The molecule has 1 heterocycles. The van der Waals surface area contributed by atoms with Gasteiger partial charge >= 0.3 is 6.18 Å². The number of anilines is 1. The molecule has 0 saturated carbocycles. The number of rotatable bonds is 5. The van der Waals surface area contributed by atoms with Gasteiger partial charge in [0.25, 0.3) is 11.8 Å². The number of hydrogen-bond acceptors (Lipinski definition) is 6. The highest BCUT2D eigenvalue weighted by molar-refractivity contribution is 7.93. The minimum Gasteiger partial charge on any atom is -0.381 e. The van der Waals surface area contributed by atoms with Crippen molar-refractivity contribution in [2.75, 3.05) is 5.32 Å². The summed E-state index contributed by atoms with van der Waals surface area (Å²) in [6.45, 7) is 2.28. The molecule has 0 atom stereocenters. The zero-order valence-electron chi connectivity index (χ0n) is 14.8. The smallest absolute Gasteiger partial charge is 0.381 e. The fourth-order valence-electron chi connectivity index (χ4n) is 2.04. The Bertz CT molecular complexity index is 1090. The van der Waals surface area contributed by atoms with E-state index in [1.165, 1.54) is 0 Å². The second kappa shape index (κ2) is 7.39. The summed E-state index contributed by atoms with van der Waals surface area (Å²) in [5.41, 5.74) is 1.25. The number of sulfone groups is 1. The molecule has 0 aliphatic rings. The number of nitrogens with two attached hydrogens (primary N) is 1. The predicted molar refractivity (Wildman–Crippen MR) is 94.6 cm³/mol. The minimum absolute atomic E-state index is 0.205. The van der Waals surface area contributed by atoms with Gasteiger partial charge in [0.15, 0.2) is 0 Å². The summed E-state index contributed by atoms with van der Waals surface area (Å²) >= 11 is 0.373. The van der Waals surface area contributed by atoms with Crippen LogP contribution in [0.5, 0.6) is 0 Å². The quantitative estimate of drug-likeness (QED) is 0.599. The standard InChI is InChI=1S/C16H14F4N2O5S2/c1-15(2,25)14(24)22-13-8(12(21)23)6-11(28-13)29(26,27)7-3-4-9(10(17)5-7)16(18,19)20/h3-6,25H,1-2H3,(H2,21,23)(H,22,24). The predicted octanol–water partition coefficient (Wildman–Crippen LogP) is 2.55. The lowest BCUT2D eigenvalue weighted by Gasteiger charge is -2.16. The van der Waals surface area contributed by atoms with Crippen LogP contribution in [0, 0.1) is 5.82 Å². The van der Waals surface area contributed by atoms with Crippen molar-refractivity contribution in [3.05, 3.63) is 41.2 Å². The largest absolute Gasteiger partial charge is 0.419 e. The van der Waals surface area contributed by atoms with Gasteiger partial charge in [-0.25, -0.2) is 12.8 Å². The number of halogens is 4. The van der Waals surface area contributed by atoms with Gasteiger partial charge in [0.2, 0.25) is 9.84 Å². The van der Waals surface area contributed by atoms with E-state index in [9.17, 15) is 40.7 Å². The van der Waals surface area contributed by atoms with Gasteiger partial charge < -0.3 is 16.2 Å². The third kappa shape index (κ3) is 4.74. The second-order valence-corrected chi connectivity index (χ2v) is 9.56. The number of benzene rings is 1. The van der Waals surface area contributed by atoms with Crippen molar-refractivity contribution in [1.82, 2.24) is 0 Å². The van der Waals surface area contributed by atoms with Crippen LogP contribution < -0.4 is 11.1 Å². The van der Waals surface area contributed by atoms with E-state index in [0.717, 1.165) is 19.9 Å². The monoisotopic (exact) mass is 454 g/mol. The Morgan fingerprint density at radius 2 is 1.76 bits per heavy atom. The molecule has 0 radical (unpaired) electrons. The summed E-state index contributed by atoms with van der Waals surface area (Å²) < 4.78 is 76.5. The summed E-state index contributed by atoms with van der Waals surface area (Å²) in [4.78, 5) is 22.7. The Labute approximate surface area is 166 Å². The topological polar surface area (TPSA) is 127 Å². The SMILES string of the molecule is CC(C)(O)C(=O)Nc1sc(S(=O)(=O)c2ccc(C(F)(F)F)c(F)c2)cc1C(N)=O. The van der Waals surface area contributed by atoms with Crippen molar-refractivity contribution in [2.24, 2.45) is 5.73 Å². The molecule has 0 fully saturated rings. The van der Waals surface area contributed by atoms with E-state index in [4.69, 9.17) is 5.73 Å². The maximum absolute atomic E-state index is 13.8. The maximum atomic E-state index is 13.8. The highest BCUT2D eigenvalue weighted by atomic mass is 32.2. The Kier molecular flexibility index (Phi) is 5.80. The van der Waals surface area contributed by atoms with Crippen molar-refractivity contribution < 1.29 is 40.7 Å². The number of carbonyl (C=O) groups is 2. The molecule has 1 aromatic carbocycles. The van der Waals surface area contributed by atoms with Gasteiger partial charge in [0.05, 0.1) is 16.0 Å². The number of alkyl halides is 3. The first-order chi connectivity index (χ1) is 13.0. The lowest BCUT2D eigenvalue weighted by atomic mass is 10.1. The average molecular weight is 454 g/mol. The van der Waals surface area contributed by atoms with Gasteiger partial charge in [-0.05, 0) is 38.1 Å².